The second-order valence-corrected chi connectivity index (χ2v) is 10.2. The molecule has 1 heterocycles. The summed E-state index contributed by atoms with van der Waals surface area (Å²) in [6, 6.07) is 14.2. The van der Waals surface area contributed by atoms with Crippen LogP contribution in [-0.4, -0.2) is 42.3 Å². The van der Waals surface area contributed by atoms with Gasteiger partial charge in [0.15, 0.2) is 0 Å². The average Bonchev–Trinajstić information content (AvgIpc) is 3.02. The van der Waals surface area contributed by atoms with Gasteiger partial charge in [0.25, 0.3) is 23.4 Å². The van der Waals surface area contributed by atoms with Crippen LogP contribution in [0.15, 0.2) is 54.6 Å². The molecule has 0 unspecified atom stereocenters. The molecule has 8 nitrogen and oxygen atoms in total. The molecule has 1 saturated carbocycles. The Hall–Kier alpha value is -2.59. The summed E-state index contributed by atoms with van der Waals surface area (Å²) < 4.78 is 0. The van der Waals surface area contributed by atoms with Crippen LogP contribution in [-0.2, 0) is 16.1 Å². The van der Waals surface area contributed by atoms with Crippen molar-refractivity contribution in [2.45, 2.75) is 29.0 Å². The molecule has 1 saturated heterocycles. The summed E-state index contributed by atoms with van der Waals surface area (Å²) in [4.78, 5) is 50.5. The van der Waals surface area contributed by atoms with Gasteiger partial charge < -0.3 is 0 Å². The minimum atomic E-state index is -0.574. The van der Waals surface area contributed by atoms with E-state index in [4.69, 9.17) is 0 Å². The Balaban J connectivity index is 1.69. The van der Waals surface area contributed by atoms with E-state index >= 15 is 0 Å². The molecule has 2 aliphatic rings. The van der Waals surface area contributed by atoms with Crippen molar-refractivity contribution in [2.75, 3.05) is 0 Å². The lowest BCUT2D eigenvalue weighted by Crippen LogP contribution is -2.49. The minimum absolute atomic E-state index is 0.0169. The summed E-state index contributed by atoms with van der Waals surface area (Å²) in [5.41, 5.74) is 0.746. The van der Waals surface area contributed by atoms with Gasteiger partial charge in [-0.05, 0) is 30.5 Å². The molecule has 0 radical (unpaired) electrons. The molecular weight excluding hydrogens is 546 g/mol. The summed E-state index contributed by atoms with van der Waals surface area (Å²) >= 11 is 7.14. The fourth-order valence-electron chi connectivity index (χ4n) is 4.18. The van der Waals surface area contributed by atoms with Crippen LogP contribution >= 0.6 is 31.9 Å². The third kappa shape index (κ3) is 4.21. The number of nitro groups is 1. The normalized spacial score (nSPS) is 24.9. The maximum Gasteiger partial charge on any atom is 0.273 e. The van der Waals surface area contributed by atoms with Crippen molar-refractivity contribution in [3.8, 4) is 0 Å². The SMILES string of the molecule is O=C(c1ccc([N+](=O)[O-])cc1)N(Cc1ccccc1)N1C(=O)[C@H]2C[C@H](Br)[C@@H](Br)C[C@H]2C1=O. The predicted molar refractivity (Wildman–Crippen MR) is 123 cm³/mol. The number of hydrazine groups is 1. The lowest BCUT2D eigenvalue weighted by Gasteiger charge is -2.30. The topological polar surface area (TPSA) is 101 Å². The number of halogens is 2. The highest BCUT2D eigenvalue weighted by atomic mass is 79.9. The monoisotopic (exact) mass is 563 g/mol. The van der Waals surface area contributed by atoms with E-state index in [9.17, 15) is 24.5 Å². The predicted octanol–water partition coefficient (Wildman–Crippen LogP) is 4.07. The molecule has 166 valence electrons. The van der Waals surface area contributed by atoms with Crippen LogP contribution in [0.3, 0.4) is 0 Å². The van der Waals surface area contributed by atoms with Crippen LogP contribution in [0.1, 0.15) is 28.8 Å². The molecule has 0 spiro atoms. The van der Waals surface area contributed by atoms with Gasteiger partial charge in [-0.1, -0.05) is 62.2 Å². The van der Waals surface area contributed by atoms with Gasteiger partial charge in [0.05, 0.1) is 23.3 Å². The van der Waals surface area contributed by atoms with E-state index in [1.165, 1.54) is 24.3 Å². The number of nitrogens with zero attached hydrogens (tertiary/aromatic N) is 3. The van der Waals surface area contributed by atoms with Crippen molar-refractivity contribution >= 4 is 55.3 Å². The number of imide groups is 1. The number of carbonyl (C=O) groups excluding carboxylic acids is 3. The highest BCUT2D eigenvalue weighted by Crippen LogP contribution is 2.43. The van der Waals surface area contributed by atoms with E-state index in [-0.39, 0.29) is 27.4 Å². The van der Waals surface area contributed by atoms with Gasteiger partial charge in [-0.25, -0.2) is 5.01 Å². The minimum Gasteiger partial charge on any atom is -0.272 e. The van der Waals surface area contributed by atoms with Crippen molar-refractivity contribution in [2.24, 2.45) is 11.8 Å². The van der Waals surface area contributed by atoms with Crippen LogP contribution < -0.4 is 0 Å². The Morgan fingerprint density at radius 3 is 2.00 bits per heavy atom. The van der Waals surface area contributed by atoms with Crippen molar-refractivity contribution in [3.63, 3.8) is 0 Å². The smallest absolute Gasteiger partial charge is 0.272 e. The second-order valence-electron chi connectivity index (χ2n) is 7.86. The first kappa shape index (κ1) is 22.6. The zero-order chi connectivity index (χ0) is 23.0. The third-order valence-electron chi connectivity index (χ3n) is 5.86. The Bertz CT molecular complexity index is 1030. The van der Waals surface area contributed by atoms with E-state index in [2.05, 4.69) is 31.9 Å². The second kappa shape index (κ2) is 9.11. The quantitative estimate of drug-likeness (QED) is 0.236. The van der Waals surface area contributed by atoms with Gasteiger partial charge in [-0.2, -0.15) is 5.01 Å². The Kier molecular flexibility index (Phi) is 6.43. The molecule has 2 aromatic carbocycles. The van der Waals surface area contributed by atoms with E-state index < -0.39 is 34.5 Å². The summed E-state index contributed by atoms with van der Waals surface area (Å²) in [6.45, 7) is 0.0169. The fourth-order valence-corrected chi connectivity index (χ4v) is 5.42. The third-order valence-corrected chi connectivity index (χ3v) is 8.60. The Labute approximate surface area is 200 Å². The van der Waals surface area contributed by atoms with Crippen LogP contribution in [0.25, 0.3) is 0 Å². The molecule has 32 heavy (non-hydrogen) atoms. The Morgan fingerprint density at radius 1 is 0.969 bits per heavy atom. The van der Waals surface area contributed by atoms with Gasteiger partial charge in [0.2, 0.25) is 0 Å². The van der Waals surface area contributed by atoms with Crippen molar-refractivity contribution in [1.29, 1.82) is 0 Å². The van der Waals surface area contributed by atoms with Gasteiger partial charge in [0.1, 0.15) is 0 Å². The van der Waals surface area contributed by atoms with E-state index in [1.54, 1.807) is 12.1 Å². The molecule has 0 bridgehead atoms. The standard InChI is InChI=1S/C22H19Br2N3O5/c23-18-10-16-17(11-19(18)24)22(30)26(21(16)29)25(12-13-4-2-1-3-5-13)20(28)14-6-8-15(9-7-14)27(31)32/h1-9,16-19H,10-12H2/t16-,17+,18-,19-/m0/s1. The molecular formula is C22H19Br2N3O5. The van der Waals surface area contributed by atoms with Gasteiger partial charge in [-0.3, -0.25) is 24.5 Å². The highest BCUT2D eigenvalue weighted by molar-refractivity contribution is 9.12. The summed E-state index contributed by atoms with van der Waals surface area (Å²) in [5.74, 6) is -2.35. The number of amides is 3. The zero-order valence-corrected chi connectivity index (χ0v) is 19.9. The summed E-state index contributed by atoms with van der Waals surface area (Å²) in [7, 11) is 0. The van der Waals surface area contributed by atoms with E-state index in [1.807, 2.05) is 18.2 Å². The fraction of sp³-hybridized carbons (Fsp3) is 0.318. The molecule has 2 aromatic rings. The first-order valence-corrected chi connectivity index (χ1v) is 11.9. The first-order chi connectivity index (χ1) is 15.3. The molecule has 3 amide bonds. The lowest BCUT2D eigenvalue weighted by atomic mass is 9.81. The number of carbonyl (C=O) groups is 3. The molecule has 1 aliphatic heterocycles. The highest BCUT2D eigenvalue weighted by Gasteiger charge is 2.54. The number of nitro benzene ring substituents is 1. The molecule has 10 heteroatoms. The number of hydrogen-bond donors (Lipinski definition) is 0. The number of alkyl halides is 2. The van der Waals surface area contributed by atoms with Crippen LogP contribution in [0, 0.1) is 22.0 Å². The summed E-state index contributed by atoms with van der Waals surface area (Å²) in [6.07, 6.45) is 0.985. The Morgan fingerprint density at radius 2 is 1.50 bits per heavy atom. The van der Waals surface area contributed by atoms with Crippen LogP contribution in [0.5, 0.6) is 0 Å². The molecule has 2 fully saturated rings. The van der Waals surface area contributed by atoms with Crippen molar-refractivity contribution in [1.82, 2.24) is 10.0 Å². The van der Waals surface area contributed by atoms with E-state index in [0.29, 0.717) is 12.8 Å². The first-order valence-electron chi connectivity index (χ1n) is 10.0. The van der Waals surface area contributed by atoms with E-state index in [0.717, 1.165) is 15.6 Å². The zero-order valence-electron chi connectivity index (χ0n) is 16.8. The number of hydrogen-bond acceptors (Lipinski definition) is 5. The molecule has 4 atom stereocenters. The number of non-ortho nitro benzene ring substituents is 1. The number of rotatable bonds is 5. The lowest BCUT2D eigenvalue weighted by molar-refractivity contribution is -0.384. The maximum absolute atomic E-state index is 13.4. The van der Waals surface area contributed by atoms with Crippen molar-refractivity contribution < 1.29 is 19.3 Å². The van der Waals surface area contributed by atoms with Gasteiger partial charge in [0, 0.05) is 27.4 Å². The van der Waals surface area contributed by atoms with Gasteiger partial charge >= 0.3 is 0 Å². The summed E-state index contributed by atoms with van der Waals surface area (Å²) in [5, 5.41) is 13.1. The molecule has 4 rings (SSSR count). The molecule has 0 N–H and O–H groups in total. The van der Waals surface area contributed by atoms with Crippen LogP contribution in [0.4, 0.5) is 5.69 Å². The largest absolute Gasteiger partial charge is 0.273 e. The number of fused-ring (bicyclic) bond motifs is 1. The average molecular weight is 565 g/mol. The molecule has 0 aromatic heterocycles. The van der Waals surface area contributed by atoms with Crippen molar-refractivity contribution in [3.05, 3.63) is 75.8 Å². The van der Waals surface area contributed by atoms with Gasteiger partial charge in [-0.15, -0.1) is 0 Å². The number of benzene rings is 2. The molecule has 1 aliphatic carbocycles. The van der Waals surface area contributed by atoms with Crippen LogP contribution in [0.2, 0.25) is 0 Å². The maximum atomic E-state index is 13.4.